The maximum absolute atomic E-state index is 12.9. The predicted octanol–water partition coefficient (Wildman–Crippen LogP) is 5.65. The Kier molecular flexibility index (Phi) is 4.80. The van der Waals surface area contributed by atoms with E-state index >= 15 is 0 Å². The van der Waals surface area contributed by atoms with Crippen molar-refractivity contribution in [3.8, 4) is 5.69 Å². The monoisotopic (exact) mass is 440 g/mol. The van der Waals surface area contributed by atoms with Gasteiger partial charge in [-0.05, 0) is 54.6 Å². The predicted molar refractivity (Wildman–Crippen MR) is 116 cm³/mol. The van der Waals surface area contributed by atoms with Crippen molar-refractivity contribution in [3.63, 3.8) is 0 Å². The normalized spacial score (nSPS) is 15.9. The highest BCUT2D eigenvalue weighted by molar-refractivity contribution is 9.10. The minimum atomic E-state index is -0.0882. The van der Waals surface area contributed by atoms with Crippen molar-refractivity contribution in [2.24, 2.45) is 0 Å². The number of rotatable bonds is 3. The lowest BCUT2D eigenvalue weighted by Crippen LogP contribution is -2.27. The lowest BCUT2D eigenvalue weighted by atomic mass is 10.2. The SMILES string of the molecule is O=C1/C(=C\c2cccn2-c2ccc(Br)cc2)SC(=S)N1c1ccccc1. The van der Waals surface area contributed by atoms with Gasteiger partial charge in [-0.1, -0.05) is 58.1 Å². The van der Waals surface area contributed by atoms with Gasteiger partial charge in [-0.3, -0.25) is 9.69 Å². The van der Waals surface area contributed by atoms with Crippen LogP contribution < -0.4 is 4.90 Å². The molecule has 0 N–H and O–H groups in total. The number of hydrogen-bond donors (Lipinski definition) is 0. The summed E-state index contributed by atoms with van der Waals surface area (Å²) >= 11 is 10.2. The first kappa shape index (κ1) is 17.3. The summed E-state index contributed by atoms with van der Waals surface area (Å²) in [5.41, 5.74) is 2.76. The number of nitrogens with zero attached hydrogens (tertiary/aromatic N) is 2. The van der Waals surface area contributed by atoms with Crippen LogP contribution in [0.4, 0.5) is 5.69 Å². The van der Waals surface area contributed by atoms with Crippen LogP contribution in [0.15, 0.2) is 82.3 Å². The number of benzene rings is 2. The number of anilines is 1. The molecule has 1 aliphatic rings. The van der Waals surface area contributed by atoms with Crippen molar-refractivity contribution < 1.29 is 4.79 Å². The van der Waals surface area contributed by atoms with E-state index in [1.54, 1.807) is 4.90 Å². The third-order valence-electron chi connectivity index (χ3n) is 3.97. The summed E-state index contributed by atoms with van der Waals surface area (Å²) in [6.45, 7) is 0. The van der Waals surface area contributed by atoms with Gasteiger partial charge < -0.3 is 4.57 Å². The standard InChI is InChI=1S/C20H13BrN2OS2/c21-14-8-10-15(11-9-14)22-12-4-7-17(22)13-18-19(24)23(20(25)26-18)16-5-2-1-3-6-16/h1-13H/b18-13+. The summed E-state index contributed by atoms with van der Waals surface area (Å²) in [4.78, 5) is 15.1. The Hall–Kier alpha value is -2.15. The summed E-state index contributed by atoms with van der Waals surface area (Å²) in [5.74, 6) is -0.0882. The van der Waals surface area contributed by atoms with Crippen LogP contribution in [-0.2, 0) is 4.79 Å². The molecule has 0 atom stereocenters. The number of carbonyl (C=O) groups excluding carboxylic acids is 1. The van der Waals surface area contributed by atoms with E-state index in [0.29, 0.717) is 9.23 Å². The van der Waals surface area contributed by atoms with Crippen molar-refractivity contribution in [1.29, 1.82) is 0 Å². The van der Waals surface area contributed by atoms with E-state index in [-0.39, 0.29) is 5.91 Å². The van der Waals surface area contributed by atoms with Crippen LogP contribution >= 0.6 is 39.9 Å². The Morgan fingerprint density at radius 3 is 2.38 bits per heavy atom. The zero-order chi connectivity index (χ0) is 18.1. The molecule has 1 aromatic heterocycles. The summed E-state index contributed by atoms with van der Waals surface area (Å²) < 4.78 is 3.62. The quantitative estimate of drug-likeness (QED) is 0.388. The van der Waals surface area contributed by atoms with Gasteiger partial charge in [0.1, 0.15) is 0 Å². The molecule has 0 spiro atoms. The Morgan fingerprint density at radius 2 is 1.65 bits per heavy atom. The molecular formula is C20H13BrN2OS2. The molecule has 26 heavy (non-hydrogen) atoms. The number of thiocarbonyl (C=S) groups is 1. The second-order valence-corrected chi connectivity index (χ2v) is 8.22. The molecule has 0 radical (unpaired) electrons. The number of aromatic nitrogens is 1. The van der Waals surface area contributed by atoms with Gasteiger partial charge in [-0.25, -0.2) is 0 Å². The van der Waals surface area contributed by atoms with E-state index in [4.69, 9.17) is 12.2 Å². The summed E-state index contributed by atoms with van der Waals surface area (Å²) in [7, 11) is 0. The summed E-state index contributed by atoms with van der Waals surface area (Å²) in [6.07, 6.45) is 3.87. The lowest BCUT2D eigenvalue weighted by molar-refractivity contribution is -0.113. The van der Waals surface area contributed by atoms with Gasteiger partial charge in [0, 0.05) is 22.1 Å². The van der Waals surface area contributed by atoms with Crippen LogP contribution in [0, 0.1) is 0 Å². The zero-order valence-corrected chi connectivity index (χ0v) is 16.7. The first-order valence-corrected chi connectivity index (χ1v) is 9.91. The van der Waals surface area contributed by atoms with Crippen LogP contribution in [-0.4, -0.2) is 14.8 Å². The van der Waals surface area contributed by atoms with Crippen LogP contribution in [0.5, 0.6) is 0 Å². The fourth-order valence-electron chi connectivity index (χ4n) is 2.75. The van der Waals surface area contributed by atoms with Crippen LogP contribution in [0.1, 0.15) is 5.69 Å². The highest BCUT2D eigenvalue weighted by atomic mass is 79.9. The van der Waals surface area contributed by atoms with Gasteiger partial charge in [-0.2, -0.15) is 0 Å². The fourth-order valence-corrected chi connectivity index (χ4v) is 4.30. The molecule has 6 heteroatoms. The average molecular weight is 441 g/mol. The fraction of sp³-hybridized carbons (Fsp3) is 0. The molecule has 128 valence electrons. The van der Waals surface area contributed by atoms with Crippen molar-refractivity contribution >= 4 is 61.9 Å². The maximum atomic E-state index is 12.9. The van der Waals surface area contributed by atoms with E-state index in [1.165, 1.54) is 11.8 Å². The van der Waals surface area contributed by atoms with Crippen LogP contribution in [0.25, 0.3) is 11.8 Å². The lowest BCUT2D eigenvalue weighted by Gasteiger charge is -2.13. The van der Waals surface area contributed by atoms with E-state index in [0.717, 1.165) is 21.5 Å². The molecule has 0 unspecified atom stereocenters. The highest BCUT2D eigenvalue weighted by Gasteiger charge is 2.33. The van der Waals surface area contributed by atoms with Gasteiger partial charge in [0.2, 0.25) is 0 Å². The highest BCUT2D eigenvalue weighted by Crippen LogP contribution is 2.36. The Balaban J connectivity index is 1.68. The third-order valence-corrected chi connectivity index (χ3v) is 5.80. The van der Waals surface area contributed by atoms with Crippen LogP contribution in [0.3, 0.4) is 0 Å². The molecule has 1 saturated heterocycles. The number of thioether (sulfide) groups is 1. The minimum absolute atomic E-state index is 0.0882. The van der Waals surface area contributed by atoms with Crippen LogP contribution in [0.2, 0.25) is 0 Å². The number of amides is 1. The molecule has 1 amide bonds. The minimum Gasteiger partial charge on any atom is -0.317 e. The molecule has 2 heterocycles. The number of hydrogen-bond acceptors (Lipinski definition) is 3. The second kappa shape index (κ2) is 7.23. The molecule has 1 aliphatic heterocycles. The van der Waals surface area contributed by atoms with E-state index in [9.17, 15) is 4.79 Å². The van der Waals surface area contributed by atoms with Gasteiger partial charge in [0.15, 0.2) is 4.32 Å². The smallest absolute Gasteiger partial charge is 0.270 e. The number of carbonyl (C=O) groups is 1. The molecule has 2 aromatic carbocycles. The molecule has 0 aliphatic carbocycles. The van der Waals surface area contributed by atoms with Gasteiger partial charge >= 0.3 is 0 Å². The van der Waals surface area contributed by atoms with Gasteiger partial charge in [0.05, 0.1) is 10.6 Å². The second-order valence-electron chi connectivity index (χ2n) is 5.63. The Morgan fingerprint density at radius 1 is 0.923 bits per heavy atom. The zero-order valence-electron chi connectivity index (χ0n) is 13.5. The molecule has 3 aromatic rings. The topological polar surface area (TPSA) is 25.2 Å². The van der Waals surface area contributed by atoms with E-state index in [2.05, 4.69) is 15.9 Å². The van der Waals surface area contributed by atoms with Crippen molar-refractivity contribution in [3.05, 3.63) is 88.0 Å². The van der Waals surface area contributed by atoms with Gasteiger partial charge in [0.25, 0.3) is 5.91 Å². The van der Waals surface area contributed by atoms with E-state index in [1.807, 2.05) is 83.6 Å². The van der Waals surface area contributed by atoms with Crippen molar-refractivity contribution in [1.82, 2.24) is 4.57 Å². The molecule has 1 fully saturated rings. The third kappa shape index (κ3) is 3.28. The summed E-state index contributed by atoms with van der Waals surface area (Å²) in [5, 5.41) is 0. The summed E-state index contributed by atoms with van der Waals surface area (Å²) in [6, 6.07) is 21.5. The molecule has 0 bridgehead atoms. The first-order valence-electron chi connectivity index (χ1n) is 7.90. The molecule has 3 nitrogen and oxygen atoms in total. The molecule has 0 saturated carbocycles. The van der Waals surface area contributed by atoms with Gasteiger partial charge in [-0.15, -0.1) is 0 Å². The van der Waals surface area contributed by atoms with E-state index < -0.39 is 0 Å². The van der Waals surface area contributed by atoms with Crippen molar-refractivity contribution in [2.75, 3.05) is 4.90 Å². The first-order chi connectivity index (χ1) is 12.6. The average Bonchev–Trinajstić information content (AvgIpc) is 3.21. The molecular weight excluding hydrogens is 428 g/mol. The number of halogens is 1. The molecule has 4 rings (SSSR count). The number of para-hydroxylation sites is 1. The Bertz CT molecular complexity index is 1010. The Labute approximate surface area is 169 Å². The van der Waals surface area contributed by atoms with Crippen molar-refractivity contribution in [2.45, 2.75) is 0 Å². The maximum Gasteiger partial charge on any atom is 0.270 e. The largest absolute Gasteiger partial charge is 0.317 e.